The molecule has 0 unspecified atom stereocenters. The minimum absolute atomic E-state index is 0.624. The third-order valence-corrected chi connectivity index (χ3v) is 4.76. The van der Waals surface area contributed by atoms with Crippen LogP contribution in [0.25, 0.3) is 11.1 Å². The van der Waals surface area contributed by atoms with Crippen LogP contribution in [0, 0.1) is 6.92 Å². The van der Waals surface area contributed by atoms with Gasteiger partial charge in [0.2, 0.25) is 0 Å². The molecule has 94 valence electrons. The average molecular weight is 259 g/mol. The van der Waals surface area contributed by atoms with Crippen molar-refractivity contribution in [2.75, 3.05) is 11.5 Å². The van der Waals surface area contributed by atoms with Gasteiger partial charge in [-0.2, -0.15) is 5.10 Å². The number of rotatable bonds is 1. The Morgan fingerprint density at radius 2 is 2.22 bits per heavy atom. The first-order valence-electron chi connectivity index (χ1n) is 6.22. The van der Waals surface area contributed by atoms with Crippen LogP contribution in [0.3, 0.4) is 0 Å². The molecule has 2 heterocycles. The summed E-state index contributed by atoms with van der Waals surface area (Å²) >= 11 is 1.95. The summed E-state index contributed by atoms with van der Waals surface area (Å²) in [4.78, 5) is 1.42. The molecular weight excluding hydrogens is 242 g/mol. The topological polar surface area (TPSA) is 43.8 Å². The molecule has 2 N–H and O–H groups in total. The zero-order chi connectivity index (χ0) is 12.7. The first-order valence-corrected chi connectivity index (χ1v) is 7.20. The Morgan fingerprint density at radius 1 is 1.39 bits per heavy atom. The van der Waals surface area contributed by atoms with Gasteiger partial charge in [0.1, 0.15) is 0 Å². The van der Waals surface area contributed by atoms with Crippen molar-refractivity contribution in [1.29, 1.82) is 0 Å². The lowest BCUT2D eigenvalue weighted by Crippen LogP contribution is -1.99. The van der Waals surface area contributed by atoms with Gasteiger partial charge in [-0.25, -0.2) is 0 Å². The molecule has 0 saturated heterocycles. The van der Waals surface area contributed by atoms with Gasteiger partial charge in [0.15, 0.2) is 5.82 Å². The largest absolute Gasteiger partial charge is 0.382 e. The predicted molar refractivity (Wildman–Crippen MR) is 76.8 cm³/mol. The number of aromatic nitrogens is 2. The van der Waals surface area contributed by atoms with Crippen LogP contribution in [0.15, 0.2) is 23.1 Å². The van der Waals surface area contributed by atoms with E-state index in [9.17, 15) is 0 Å². The Labute approximate surface area is 111 Å². The minimum atomic E-state index is 0.624. The van der Waals surface area contributed by atoms with E-state index in [1.165, 1.54) is 34.6 Å². The van der Waals surface area contributed by atoms with Gasteiger partial charge < -0.3 is 5.73 Å². The molecular formula is C14H17N3S. The van der Waals surface area contributed by atoms with Crippen molar-refractivity contribution in [1.82, 2.24) is 9.78 Å². The van der Waals surface area contributed by atoms with Gasteiger partial charge >= 0.3 is 0 Å². The maximum absolute atomic E-state index is 6.01. The highest BCUT2D eigenvalue weighted by Crippen LogP contribution is 2.35. The van der Waals surface area contributed by atoms with Gasteiger partial charge in [-0.05, 0) is 48.8 Å². The Morgan fingerprint density at radius 3 is 2.94 bits per heavy atom. The molecule has 3 nitrogen and oxygen atoms in total. The first-order chi connectivity index (χ1) is 8.66. The summed E-state index contributed by atoms with van der Waals surface area (Å²) in [5.41, 5.74) is 10.9. The Hall–Kier alpha value is -1.42. The summed E-state index contributed by atoms with van der Waals surface area (Å²) in [6, 6.07) is 6.67. The molecule has 0 bridgehead atoms. The van der Waals surface area contributed by atoms with E-state index < -0.39 is 0 Å². The van der Waals surface area contributed by atoms with E-state index in [4.69, 9.17) is 5.73 Å². The second kappa shape index (κ2) is 4.35. The number of anilines is 1. The van der Waals surface area contributed by atoms with Crippen molar-refractivity contribution in [3.05, 3.63) is 29.5 Å². The molecule has 1 aliphatic rings. The fourth-order valence-corrected chi connectivity index (χ4v) is 3.53. The first kappa shape index (κ1) is 11.7. The molecule has 18 heavy (non-hydrogen) atoms. The second-order valence-corrected chi connectivity index (χ2v) is 5.88. The number of hydrogen-bond donors (Lipinski definition) is 1. The summed E-state index contributed by atoms with van der Waals surface area (Å²) in [6.45, 7) is 2.06. The predicted octanol–water partition coefficient (Wildman–Crippen LogP) is 3.02. The summed E-state index contributed by atoms with van der Waals surface area (Å²) in [5, 5.41) is 4.29. The van der Waals surface area contributed by atoms with Gasteiger partial charge in [-0.15, -0.1) is 11.8 Å². The van der Waals surface area contributed by atoms with Crippen LogP contribution in [-0.2, 0) is 13.5 Å². The summed E-state index contributed by atoms with van der Waals surface area (Å²) in [5.74, 6) is 1.86. The Bertz CT molecular complexity index is 601. The van der Waals surface area contributed by atoms with Crippen LogP contribution in [0.4, 0.5) is 5.82 Å². The molecule has 0 amide bonds. The summed E-state index contributed by atoms with van der Waals surface area (Å²) < 4.78 is 1.85. The Kier molecular flexibility index (Phi) is 2.82. The molecule has 4 heteroatoms. The van der Waals surface area contributed by atoms with Crippen LogP contribution < -0.4 is 5.73 Å². The molecule has 0 atom stereocenters. The number of hydrogen-bond acceptors (Lipinski definition) is 3. The Balaban J connectivity index is 2.12. The van der Waals surface area contributed by atoms with E-state index >= 15 is 0 Å². The lowest BCUT2D eigenvalue weighted by Gasteiger charge is -2.16. The summed E-state index contributed by atoms with van der Waals surface area (Å²) in [6.07, 6.45) is 2.44. The molecule has 3 rings (SSSR count). The minimum Gasteiger partial charge on any atom is -0.382 e. The SMILES string of the molecule is Cc1c(-c2ccc3c(c2)CCCS3)c(N)nn1C. The van der Waals surface area contributed by atoms with E-state index in [1.54, 1.807) is 0 Å². The van der Waals surface area contributed by atoms with Gasteiger partial charge in [0.05, 0.1) is 0 Å². The highest BCUT2D eigenvalue weighted by atomic mass is 32.2. The molecule has 0 fully saturated rings. The maximum atomic E-state index is 6.01. The monoisotopic (exact) mass is 259 g/mol. The van der Waals surface area contributed by atoms with E-state index in [-0.39, 0.29) is 0 Å². The molecule has 2 aromatic rings. The number of aryl methyl sites for hydroxylation is 2. The van der Waals surface area contributed by atoms with Gasteiger partial charge in [-0.1, -0.05) is 6.07 Å². The van der Waals surface area contributed by atoms with Crippen LogP contribution in [0.5, 0.6) is 0 Å². The van der Waals surface area contributed by atoms with Crippen molar-refractivity contribution in [3.8, 4) is 11.1 Å². The van der Waals surface area contributed by atoms with Gasteiger partial charge in [0, 0.05) is 23.2 Å². The third-order valence-electron chi connectivity index (χ3n) is 3.56. The van der Waals surface area contributed by atoms with Crippen LogP contribution in [0.2, 0.25) is 0 Å². The highest BCUT2D eigenvalue weighted by Gasteiger charge is 2.15. The number of nitrogens with two attached hydrogens (primary N) is 1. The lowest BCUT2D eigenvalue weighted by atomic mass is 10.0. The van der Waals surface area contributed by atoms with Gasteiger partial charge in [-0.3, -0.25) is 4.68 Å². The lowest BCUT2D eigenvalue weighted by molar-refractivity contribution is 0.744. The fourth-order valence-electron chi connectivity index (χ4n) is 2.51. The molecule has 0 spiro atoms. The van der Waals surface area contributed by atoms with Crippen molar-refractivity contribution >= 4 is 17.6 Å². The number of benzene rings is 1. The van der Waals surface area contributed by atoms with Crippen LogP contribution in [0.1, 0.15) is 17.7 Å². The van der Waals surface area contributed by atoms with Crippen molar-refractivity contribution < 1.29 is 0 Å². The smallest absolute Gasteiger partial charge is 0.153 e. The highest BCUT2D eigenvalue weighted by molar-refractivity contribution is 7.99. The number of thioether (sulfide) groups is 1. The fraction of sp³-hybridized carbons (Fsp3) is 0.357. The quantitative estimate of drug-likeness (QED) is 0.856. The van der Waals surface area contributed by atoms with E-state index in [2.05, 4.69) is 30.2 Å². The van der Waals surface area contributed by atoms with Crippen LogP contribution in [-0.4, -0.2) is 15.5 Å². The van der Waals surface area contributed by atoms with Crippen molar-refractivity contribution in [2.24, 2.45) is 7.05 Å². The third kappa shape index (κ3) is 1.81. The van der Waals surface area contributed by atoms with E-state index in [0.717, 1.165) is 11.3 Å². The van der Waals surface area contributed by atoms with Crippen molar-refractivity contribution in [2.45, 2.75) is 24.7 Å². The molecule has 1 aromatic carbocycles. The molecule has 1 aliphatic heterocycles. The van der Waals surface area contributed by atoms with E-state index in [0.29, 0.717) is 5.82 Å². The maximum Gasteiger partial charge on any atom is 0.153 e. The second-order valence-electron chi connectivity index (χ2n) is 4.74. The standard InChI is InChI=1S/C14H17N3S/c1-9-13(14(15)16-17(9)2)11-5-6-12-10(8-11)4-3-7-18-12/h5-6,8H,3-4,7H2,1-2H3,(H2,15,16). The van der Waals surface area contributed by atoms with Gasteiger partial charge in [0.25, 0.3) is 0 Å². The number of nitrogens with zero attached hydrogens (tertiary/aromatic N) is 2. The van der Waals surface area contributed by atoms with Crippen LogP contribution >= 0.6 is 11.8 Å². The zero-order valence-electron chi connectivity index (χ0n) is 10.7. The molecule has 0 radical (unpaired) electrons. The van der Waals surface area contributed by atoms with E-state index in [1.807, 2.05) is 23.5 Å². The summed E-state index contributed by atoms with van der Waals surface area (Å²) in [7, 11) is 1.93. The number of fused-ring (bicyclic) bond motifs is 1. The zero-order valence-corrected chi connectivity index (χ0v) is 11.5. The molecule has 0 aliphatic carbocycles. The van der Waals surface area contributed by atoms with Crippen molar-refractivity contribution in [3.63, 3.8) is 0 Å². The normalized spacial score (nSPS) is 14.6. The average Bonchev–Trinajstić information content (AvgIpc) is 2.63. The molecule has 1 aromatic heterocycles. The molecule has 0 saturated carbocycles. The number of nitrogen functional groups attached to an aromatic ring is 1.